The lowest BCUT2D eigenvalue weighted by molar-refractivity contribution is 0.0686. The molecule has 1 heterocycles. The van der Waals surface area contributed by atoms with E-state index in [2.05, 4.69) is 5.10 Å². The Kier molecular flexibility index (Phi) is 1.95. The number of aryl methyl sites for hydroxylation is 2. The molecule has 0 amide bonds. The zero-order chi connectivity index (χ0) is 9.30. The first kappa shape index (κ1) is 8.45. The summed E-state index contributed by atoms with van der Waals surface area (Å²) in [6.07, 6.45) is 1.48. The van der Waals surface area contributed by atoms with Gasteiger partial charge in [0.25, 0.3) is 0 Å². The van der Waals surface area contributed by atoms with Crippen molar-refractivity contribution < 1.29 is 11.3 Å². The van der Waals surface area contributed by atoms with Crippen LogP contribution >= 0.6 is 0 Å². The van der Waals surface area contributed by atoms with E-state index < -0.39 is 17.1 Å². The summed E-state index contributed by atoms with van der Waals surface area (Å²) in [5, 5.41) is 12.1. The van der Waals surface area contributed by atoms with Crippen LogP contribution in [0.1, 0.15) is 17.5 Å². The second-order valence-corrected chi connectivity index (χ2v) is 2.47. The Morgan fingerprint density at radius 1 is 1.75 bits per heavy atom. The van der Waals surface area contributed by atoms with Gasteiger partial charge in [0.05, 0.1) is 0 Å². The van der Waals surface area contributed by atoms with Crippen LogP contribution < -0.4 is 5.43 Å². The molecular formula is C7H10N2O3. The molecule has 0 fully saturated rings. The Balaban J connectivity index is 0.00000144. The average Bonchev–Trinajstić information content (AvgIpc) is 1.96. The fourth-order valence-corrected chi connectivity index (χ4v) is 0.898. The lowest BCUT2D eigenvalue weighted by Crippen LogP contribution is -2.22. The first-order valence-electron chi connectivity index (χ1n) is 3.30. The van der Waals surface area contributed by atoms with Crippen LogP contribution in [0.2, 0.25) is 0 Å². The quantitative estimate of drug-likeness (QED) is 0.645. The third kappa shape index (κ3) is 1.34. The molecule has 0 unspecified atom stereocenters. The minimum absolute atomic E-state index is 0. The van der Waals surface area contributed by atoms with E-state index in [1.54, 1.807) is 14.0 Å². The van der Waals surface area contributed by atoms with Crippen molar-refractivity contribution in [1.29, 1.82) is 0 Å². The molecule has 12 heavy (non-hydrogen) atoms. The molecule has 0 saturated heterocycles. The first-order valence-corrected chi connectivity index (χ1v) is 3.30. The Morgan fingerprint density at radius 2 is 2.33 bits per heavy atom. The SMILES string of the molecule is Cc1cn(C)nc(C(=O)O)c1=O.[HH]. The highest BCUT2D eigenvalue weighted by molar-refractivity contribution is 5.85. The zero-order valence-corrected chi connectivity index (χ0v) is 6.74. The van der Waals surface area contributed by atoms with Crippen molar-refractivity contribution in [2.24, 2.45) is 7.05 Å². The largest absolute Gasteiger partial charge is 0.476 e. The van der Waals surface area contributed by atoms with Gasteiger partial charge >= 0.3 is 5.97 Å². The van der Waals surface area contributed by atoms with Gasteiger partial charge in [-0.2, -0.15) is 5.10 Å². The molecule has 1 aromatic heterocycles. The molecule has 0 aliphatic rings. The van der Waals surface area contributed by atoms with Crippen LogP contribution in [0.4, 0.5) is 0 Å². The number of carboxylic acid groups (broad SMARTS) is 1. The second-order valence-electron chi connectivity index (χ2n) is 2.47. The van der Waals surface area contributed by atoms with Crippen LogP contribution in [-0.2, 0) is 7.05 Å². The van der Waals surface area contributed by atoms with Crippen LogP contribution in [0.5, 0.6) is 0 Å². The molecule has 0 atom stereocenters. The number of hydrogen-bond donors (Lipinski definition) is 1. The van der Waals surface area contributed by atoms with Crippen LogP contribution in [0.25, 0.3) is 0 Å². The van der Waals surface area contributed by atoms with Gasteiger partial charge in [-0.15, -0.1) is 0 Å². The molecular weight excluding hydrogens is 160 g/mol. The van der Waals surface area contributed by atoms with E-state index in [9.17, 15) is 9.59 Å². The summed E-state index contributed by atoms with van der Waals surface area (Å²) in [5.74, 6) is -1.29. The topological polar surface area (TPSA) is 72.2 Å². The van der Waals surface area contributed by atoms with Gasteiger partial charge in [0, 0.05) is 20.2 Å². The zero-order valence-electron chi connectivity index (χ0n) is 6.74. The maximum atomic E-state index is 11.1. The molecule has 0 bridgehead atoms. The van der Waals surface area contributed by atoms with Crippen molar-refractivity contribution in [3.05, 3.63) is 27.7 Å². The van der Waals surface area contributed by atoms with Crippen molar-refractivity contribution in [3.8, 4) is 0 Å². The van der Waals surface area contributed by atoms with Gasteiger partial charge < -0.3 is 5.11 Å². The number of carbonyl (C=O) groups is 1. The van der Waals surface area contributed by atoms with Gasteiger partial charge in [-0.3, -0.25) is 9.48 Å². The molecule has 5 heteroatoms. The number of aromatic nitrogens is 2. The smallest absolute Gasteiger partial charge is 0.360 e. The molecule has 0 radical (unpaired) electrons. The van der Waals surface area contributed by atoms with Crippen molar-refractivity contribution in [2.75, 3.05) is 0 Å². The molecule has 0 saturated carbocycles. The van der Waals surface area contributed by atoms with E-state index >= 15 is 0 Å². The van der Waals surface area contributed by atoms with Gasteiger partial charge in [-0.05, 0) is 6.92 Å². The molecule has 0 aliphatic heterocycles. The van der Waals surface area contributed by atoms with Crippen LogP contribution in [0.15, 0.2) is 11.0 Å². The third-order valence-electron chi connectivity index (χ3n) is 1.41. The fourth-order valence-electron chi connectivity index (χ4n) is 0.898. The van der Waals surface area contributed by atoms with Gasteiger partial charge in [-0.1, -0.05) is 0 Å². The number of hydrogen-bond acceptors (Lipinski definition) is 3. The molecule has 66 valence electrons. The predicted molar refractivity (Wildman–Crippen MR) is 43.3 cm³/mol. The Morgan fingerprint density at radius 3 is 2.83 bits per heavy atom. The average molecular weight is 170 g/mol. The van der Waals surface area contributed by atoms with Crippen molar-refractivity contribution in [3.63, 3.8) is 0 Å². The van der Waals surface area contributed by atoms with Crippen molar-refractivity contribution in [1.82, 2.24) is 9.78 Å². The monoisotopic (exact) mass is 170 g/mol. The maximum Gasteiger partial charge on any atom is 0.360 e. The number of rotatable bonds is 1. The van der Waals surface area contributed by atoms with Gasteiger partial charge in [0.2, 0.25) is 11.1 Å². The van der Waals surface area contributed by atoms with Gasteiger partial charge in [0.15, 0.2) is 0 Å². The lowest BCUT2D eigenvalue weighted by Gasteiger charge is -1.99. The molecule has 1 N–H and O–H groups in total. The number of nitrogens with zero attached hydrogens (tertiary/aromatic N) is 2. The molecule has 0 spiro atoms. The molecule has 1 aromatic rings. The molecule has 0 aliphatic carbocycles. The van der Waals surface area contributed by atoms with Crippen LogP contribution in [-0.4, -0.2) is 20.9 Å². The fraction of sp³-hybridized carbons (Fsp3) is 0.286. The Labute approximate surface area is 69.7 Å². The lowest BCUT2D eigenvalue weighted by atomic mass is 10.3. The summed E-state index contributed by atoms with van der Waals surface area (Å²) in [4.78, 5) is 21.6. The molecule has 0 aromatic carbocycles. The minimum Gasteiger partial charge on any atom is -0.476 e. The second kappa shape index (κ2) is 2.77. The van der Waals surface area contributed by atoms with Crippen molar-refractivity contribution in [2.45, 2.75) is 6.92 Å². The van der Waals surface area contributed by atoms with Gasteiger partial charge in [-0.25, -0.2) is 4.79 Å². The van der Waals surface area contributed by atoms with Crippen LogP contribution in [0.3, 0.4) is 0 Å². The highest BCUT2D eigenvalue weighted by atomic mass is 16.4. The van der Waals surface area contributed by atoms with E-state index in [1.165, 1.54) is 10.9 Å². The Bertz CT molecular complexity index is 386. The van der Waals surface area contributed by atoms with E-state index in [0.29, 0.717) is 5.56 Å². The summed E-state index contributed by atoms with van der Waals surface area (Å²) in [7, 11) is 1.57. The van der Waals surface area contributed by atoms with E-state index in [1.807, 2.05) is 0 Å². The third-order valence-corrected chi connectivity index (χ3v) is 1.41. The van der Waals surface area contributed by atoms with E-state index in [0.717, 1.165) is 0 Å². The molecule has 5 nitrogen and oxygen atoms in total. The van der Waals surface area contributed by atoms with Crippen LogP contribution in [0, 0.1) is 6.92 Å². The Hall–Kier alpha value is -1.65. The normalized spacial score (nSPS) is 9.83. The first-order chi connectivity index (χ1) is 5.52. The minimum atomic E-state index is -1.29. The highest BCUT2D eigenvalue weighted by Gasteiger charge is 2.11. The molecule has 1 rings (SSSR count). The summed E-state index contributed by atoms with van der Waals surface area (Å²) in [6, 6.07) is 0. The summed E-state index contributed by atoms with van der Waals surface area (Å²) in [6.45, 7) is 1.55. The summed E-state index contributed by atoms with van der Waals surface area (Å²) in [5.41, 5.74) is -0.581. The maximum absolute atomic E-state index is 11.1. The highest BCUT2D eigenvalue weighted by Crippen LogP contribution is 1.90. The van der Waals surface area contributed by atoms with E-state index in [4.69, 9.17) is 5.11 Å². The van der Waals surface area contributed by atoms with E-state index in [-0.39, 0.29) is 1.43 Å². The van der Waals surface area contributed by atoms with Gasteiger partial charge in [0.1, 0.15) is 0 Å². The summed E-state index contributed by atoms with van der Waals surface area (Å²) < 4.78 is 1.31. The number of aromatic carboxylic acids is 1. The summed E-state index contributed by atoms with van der Waals surface area (Å²) >= 11 is 0. The van der Waals surface area contributed by atoms with Crippen molar-refractivity contribution >= 4 is 5.97 Å². The standard InChI is InChI=1S/C7H8N2O3.H2/c1-4-3-9(2)8-5(6(4)10)7(11)12;/h3H,1-2H3,(H,11,12);1H. The predicted octanol–water partition coefficient (Wildman–Crippen LogP) is 0.0329. The number of carboxylic acids is 1.